The first-order valence-electron chi connectivity index (χ1n) is 5.41. The molecule has 0 aliphatic rings. The van der Waals surface area contributed by atoms with Crippen LogP contribution < -0.4 is 4.31 Å². The number of anilines is 1. The number of rotatable bonds is 4. The Kier molecular flexibility index (Phi) is 4.44. The van der Waals surface area contributed by atoms with Gasteiger partial charge in [-0.1, -0.05) is 17.7 Å². The van der Waals surface area contributed by atoms with E-state index in [1.807, 2.05) is 32.0 Å². The third kappa shape index (κ3) is 2.93. The smallest absolute Gasteiger partial charge is 0.238 e. The van der Waals surface area contributed by atoms with Crippen molar-refractivity contribution in [1.29, 1.82) is 0 Å². The molecule has 3 nitrogen and oxygen atoms in total. The lowest BCUT2D eigenvalue weighted by Gasteiger charge is -2.24. The van der Waals surface area contributed by atoms with Gasteiger partial charge in [0.1, 0.15) is 0 Å². The fraction of sp³-hybridized carbons (Fsp3) is 0.500. The van der Waals surface area contributed by atoms with Crippen molar-refractivity contribution in [3.8, 4) is 0 Å². The van der Waals surface area contributed by atoms with Crippen LogP contribution >= 0.6 is 11.6 Å². The lowest BCUT2D eigenvalue weighted by atomic mass is 10.1. The third-order valence-electron chi connectivity index (χ3n) is 2.80. The van der Waals surface area contributed by atoms with E-state index >= 15 is 0 Å². The zero-order chi connectivity index (χ0) is 13.2. The fourth-order valence-electron chi connectivity index (χ4n) is 1.65. The Labute approximate surface area is 108 Å². The van der Waals surface area contributed by atoms with Gasteiger partial charge in [0.05, 0.1) is 10.9 Å². The Morgan fingerprint density at radius 2 is 1.94 bits per heavy atom. The SMILES string of the molecule is Cc1ccc(N(C)S(=O)(=O)C(C)CCl)c(C)c1. The average molecular weight is 276 g/mol. The molecule has 5 heteroatoms. The highest BCUT2D eigenvalue weighted by Gasteiger charge is 2.26. The molecule has 0 saturated heterocycles. The van der Waals surface area contributed by atoms with E-state index in [1.165, 1.54) is 4.31 Å². The van der Waals surface area contributed by atoms with Crippen molar-refractivity contribution in [2.75, 3.05) is 17.2 Å². The molecule has 0 N–H and O–H groups in total. The Hall–Kier alpha value is -0.740. The van der Waals surface area contributed by atoms with Crippen molar-refractivity contribution in [2.24, 2.45) is 0 Å². The molecule has 96 valence electrons. The largest absolute Gasteiger partial charge is 0.273 e. The number of halogens is 1. The van der Waals surface area contributed by atoms with Crippen LogP contribution in [0.4, 0.5) is 5.69 Å². The Bertz CT molecular complexity index is 499. The fourth-order valence-corrected chi connectivity index (χ4v) is 3.30. The number of sulfonamides is 1. The number of benzene rings is 1. The van der Waals surface area contributed by atoms with Crippen LogP contribution in [0.2, 0.25) is 0 Å². The third-order valence-corrected chi connectivity index (χ3v) is 5.59. The van der Waals surface area contributed by atoms with E-state index < -0.39 is 15.3 Å². The van der Waals surface area contributed by atoms with Crippen LogP contribution in [-0.4, -0.2) is 26.6 Å². The first-order chi connectivity index (χ1) is 7.80. The second-order valence-electron chi connectivity index (χ2n) is 4.27. The maximum atomic E-state index is 12.1. The maximum Gasteiger partial charge on any atom is 0.238 e. The van der Waals surface area contributed by atoms with Gasteiger partial charge in [-0.05, 0) is 32.4 Å². The van der Waals surface area contributed by atoms with E-state index in [0.717, 1.165) is 11.1 Å². The van der Waals surface area contributed by atoms with Crippen LogP contribution in [0.1, 0.15) is 18.1 Å². The van der Waals surface area contributed by atoms with Crippen LogP contribution in [0.15, 0.2) is 18.2 Å². The van der Waals surface area contributed by atoms with Gasteiger partial charge in [0, 0.05) is 12.9 Å². The highest BCUT2D eigenvalue weighted by Crippen LogP contribution is 2.24. The molecule has 0 spiro atoms. The minimum atomic E-state index is -3.38. The molecule has 0 radical (unpaired) electrons. The molecule has 1 aromatic carbocycles. The second kappa shape index (κ2) is 5.27. The molecule has 17 heavy (non-hydrogen) atoms. The van der Waals surface area contributed by atoms with Gasteiger partial charge in [-0.3, -0.25) is 4.31 Å². The average Bonchev–Trinajstić information content (AvgIpc) is 2.27. The van der Waals surface area contributed by atoms with E-state index in [-0.39, 0.29) is 5.88 Å². The van der Waals surface area contributed by atoms with Gasteiger partial charge in [0.2, 0.25) is 10.0 Å². The lowest BCUT2D eigenvalue weighted by molar-refractivity contribution is 0.586. The highest BCUT2D eigenvalue weighted by atomic mass is 35.5. The van der Waals surface area contributed by atoms with E-state index in [0.29, 0.717) is 5.69 Å². The van der Waals surface area contributed by atoms with E-state index in [4.69, 9.17) is 11.6 Å². The number of hydrogen-bond donors (Lipinski definition) is 0. The monoisotopic (exact) mass is 275 g/mol. The number of aryl methyl sites for hydroxylation is 2. The molecule has 0 amide bonds. The van der Waals surface area contributed by atoms with Crippen LogP contribution in [-0.2, 0) is 10.0 Å². The van der Waals surface area contributed by atoms with Crippen molar-refractivity contribution in [3.05, 3.63) is 29.3 Å². The zero-order valence-electron chi connectivity index (χ0n) is 10.6. The summed E-state index contributed by atoms with van der Waals surface area (Å²) in [6.45, 7) is 5.49. The summed E-state index contributed by atoms with van der Waals surface area (Å²) in [7, 11) is -1.81. The molecule has 0 aromatic heterocycles. The summed E-state index contributed by atoms with van der Waals surface area (Å²) in [4.78, 5) is 0. The predicted octanol–water partition coefficient (Wildman–Crippen LogP) is 2.70. The molecule has 0 aliphatic carbocycles. The zero-order valence-corrected chi connectivity index (χ0v) is 12.1. The minimum Gasteiger partial charge on any atom is -0.273 e. The summed E-state index contributed by atoms with van der Waals surface area (Å²) < 4.78 is 25.6. The van der Waals surface area contributed by atoms with E-state index in [9.17, 15) is 8.42 Å². The Morgan fingerprint density at radius 3 is 2.41 bits per heavy atom. The van der Waals surface area contributed by atoms with Crippen molar-refractivity contribution >= 4 is 27.3 Å². The molecule has 0 fully saturated rings. The summed E-state index contributed by atoms with van der Waals surface area (Å²) in [5.41, 5.74) is 2.76. The molecule has 0 aliphatic heterocycles. The Balaban J connectivity index is 3.17. The number of alkyl halides is 1. The predicted molar refractivity (Wildman–Crippen MR) is 73.4 cm³/mol. The van der Waals surface area contributed by atoms with Gasteiger partial charge >= 0.3 is 0 Å². The Morgan fingerprint density at radius 1 is 1.35 bits per heavy atom. The standard InChI is InChI=1S/C12H18ClNO2S/c1-9-5-6-12(10(2)7-9)14(4)17(15,16)11(3)8-13/h5-7,11H,8H2,1-4H3. The number of hydrogen-bond acceptors (Lipinski definition) is 2. The van der Waals surface area contributed by atoms with Crippen molar-refractivity contribution in [3.63, 3.8) is 0 Å². The van der Waals surface area contributed by atoms with Crippen LogP contribution in [0.5, 0.6) is 0 Å². The molecule has 1 unspecified atom stereocenters. The van der Waals surface area contributed by atoms with Crippen molar-refractivity contribution < 1.29 is 8.42 Å². The molecule has 1 aromatic rings. The van der Waals surface area contributed by atoms with E-state index in [2.05, 4.69) is 0 Å². The van der Waals surface area contributed by atoms with Gasteiger partial charge < -0.3 is 0 Å². The molecule has 0 bridgehead atoms. The van der Waals surface area contributed by atoms with Crippen LogP contribution in [0.25, 0.3) is 0 Å². The summed E-state index contributed by atoms with van der Waals surface area (Å²) in [5.74, 6) is 0.0948. The molecular formula is C12H18ClNO2S. The molecule has 0 heterocycles. The first-order valence-corrected chi connectivity index (χ1v) is 7.45. The van der Waals surface area contributed by atoms with Crippen LogP contribution in [0.3, 0.4) is 0 Å². The van der Waals surface area contributed by atoms with Crippen molar-refractivity contribution in [1.82, 2.24) is 0 Å². The molecule has 1 rings (SSSR count). The van der Waals surface area contributed by atoms with Crippen LogP contribution in [0, 0.1) is 13.8 Å². The summed E-state index contributed by atoms with van der Waals surface area (Å²) in [6.07, 6.45) is 0. The molecule has 1 atom stereocenters. The quantitative estimate of drug-likeness (QED) is 0.793. The highest BCUT2D eigenvalue weighted by molar-refractivity contribution is 7.93. The summed E-state index contributed by atoms with van der Waals surface area (Å²) in [5, 5.41) is -0.588. The summed E-state index contributed by atoms with van der Waals surface area (Å²) in [6, 6.07) is 5.69. The van der Waals surface area contributed by atoms with Gasteiger partial charge in [-0.2, -0.15) is 0 Å². The minimum absolute atomic E-state index is 0.0948. The normalized spacial score (nSPS) is 13.5. The van der Waals surface area contributed by atoms with Gasteiger partial charge in [-0.15, -0.1) is 11.6 Å². The van der Waals surface area contributed by atoms with Gasteiger partial charge in [-0.25, -0.2) is 8.42 Å². The van der Waals surface area contributed by atoms with Gasteiger partial charge in [0.25, 0.3) is 0 Å². The maximum absolute atomic E-state index is 12.1. The number of nitrogens with zero attached hydrogens (tertiary/aromatic N) is 1. The molecule has 0 saturated carbocycles. The van der Waals surface area contributed by atoms with E-state index in [1.54, 1.807) is 14.0 Å². The summed E-state index contributed by atoms with van der Waals surface area (Å²) >= 11 is 5.63. The van der Waals surface area contributed by atoms with Crippen molar-refractivity contribution in [2.45, 2.75) is 26.0 Å². The van der Waals surface area contributed by atoms with Gasteiger partial charge in [0.15, 0.2) is 0 Å². The molecular weight excluding hydrogens is 258 g/mol. The lowest BCUT2D eigenvalue weighted by Crippen LogP contribution is -2.35. The second-order valence-corrected chi connectivity index (χ2v) is 6.96. The first kappa shape index (κ1) is 14.3. The topological polar surface area (TPSA) is 37.4 Å².